The maximum absolute atomic E-state index is 12.2. The minimum atomic E-state index is -1.03. The smallest absolute Gasteiger partial charge is 0.326 e. The van der Waals surface area contributed by atoms with E-state index in [0.717, 1.165) is 12.0 Å². The second kappa shape index (κ2) is 4.91. The summed E-state index contributed by atoms with van der Waals surface area (Å²) in [6.45, 7) is 5.13. The summed E-state index contributed by atoms with van der Waals surface area (Å²) >= 11 is 0. The van der Waals surface area contributed by atoms with E-state index in [4.69, 9.17) is 9.84 Å². The topological polar surface area (TPSA) is 66.8 Å². The molecule has 1 N–H and O–H groups in total. The molecule has 19 heavy (non-hydrogen) atoms. The molecule has 0 aliphatic carbocycles. The molecule has 5 heteroatoms. The largest absolute Gasteiger partial charge is 0.480 e. The van der Waals surface area contributed by atoms with E-state index in [1.54, 1.807) is 13.0 Å². The van der Waals surface area contributed by atoms with Crippen LogP contribution in [0, 0.1) is 0 Å². The minimum Gasteiger partial charge on any atom is -0.480 e. The maximum Gasteiger partial charge on any atom is 0.326 e. The summed E-state index contributed by atoms with van der Waals surface area (Å²) in [4.78, 5) is 24.7. The van der Waals surface area contributed by atoms with Crippen LogP contribution in [0.2, 0.25) is 0 Å². The number of carbonyl (C=O) groups excluding carboxylic acids is 1. The van der Waals surface area contributed by atoms with Crippen molar-refractivity contribution in [1.29, 1.82) is 0 Å². The van der Waals surface area contributed by atoms with Gasteiger partial charge in [0, 0.05) is 0 Å². The minimum absolute atomic E-state index is 0.323. The molecule has 0 saturated heterocycles. The van der Waals surface area contributed by atoms with Crippen LogP contribution >= 0.6 is 0 Å². The summed E-state index contributed by atoms with van der Waals surface area (Å²) in [7, 11) is 0. The number of aryl methyl sites for hydroxylation is 1. The number of carboxylic acid groups (broad SMARTS) is 1. The zero-order valence-corrected chi connectivity index (χ0v) is 11.2. The number of carbonyl (C=O) groups is 2. The third kappa shape index (κ3) is 2.28. The quantitative estimate of drug-likeness (QED) is 0.903. The predicted molar refractivity (Wildman–Crippen MR) is 70.5 cm³/mol. The lowest BCUT2D eigenvalue weighted by molar-refractivity contribution is -0.140. The Morgan fingerprint density at radius 3 is 2.79 bits per heavy atom. The van der Waals surface area contributed by atoms with Crippen molar-refractivity contribution in [1.82, 2.24) is 0 Å². The lowest BCUT2D eigenvalue weighted by Gasteiger charge is -2.35. The standard InChI is InChI=1S/C14H17NO4/c1-4-10-5-6-12-11(7-10)15(8(2)14(17)18)13(16)9(3)19-12/h5-9H,4H2,1-3H3,(H,17,18). The molecule has 0 spiro atoms. The predicted octanol–water partition coefficient (Wildman–Crippen LogP) is 1.84. The first-order valence-corrected chi connectivity index (χ1v) is 6.31. The number of hydrogen-bond acceptors (Lipinski definition) is 3. The number of ether oxygens (including phenoxy) is 1. The molecule has 0 radical (unpaired) electrons. The van der Waals surface area contributed by atoms with Crippen LogP contribution < -0.4 is 9.64 Å². The van der Waals surface area contributed by atoms with Gasteiger partial charge in [-0.2, -0.15) is 0 Å². The Kier molecular flexibility index (Phi) is 3.46. The Morgan fingerprint density at radius 2 is 2.21 bits per heavy atom. The van der Waals surface area contributed by atoms with Gasteiger partial charge < -0.3 is 9.84 Å². The van der Waals surface area contributed by atoms with Gasteiger partial charge in [-0.1, -0.05) is 13.0 Å². The monoisotopic (exact) mass is 263 g/mol. The van der Waals surface area contributed by atoms with E-state index < -0.39 is 18.1 Å². The van der Waals surface area contributed by atoms with Crippen LogP contribution in [0.3, 0.4) is 0 Å². The maximum atomic E-state index is 12.2. The summed E-state index contributed by atoms with van der Waals surface area (Å²) < 4.78 is 5.52. The lowest BCUT2D eigenvalue weighted by atomic mass is 10.1. The summed E-state index contributed by atoms with van der Waals surface area (Å²) in [5, 5.41) is 9.16. The SMILES string of the molecule is CCc1ccc2c(c1)N(C(C)C(=O)O)C(=O)C(C)O2. The third-order valence-corrected chi connectivity index (χ3v) is 3.32. The van der Waals surface area contributed by atoms with Gasteiger partial charge in [0.15, 0.2) is 6.10 Å². The molecule has 1 aromatic rings. The first-order valence-electron chi connectivity index (χ1n) is 6.31. The highest BCUT2D eigenvalue weighted by atomic mass is 16.5. The van der Waals surface area contributed by atoms with Crippen LogP contribution in [-0.4, -0.2) is 29.1 Å². The number of benzene rings is 1. The summed E-state index contributed by atoms with van der Waals surface area (Å²) in [6.07, 6.45) is 0.147. The van der Waals surface area contributed by atoms with Crippen molar-refractivity contribution in [2.45, 2.75) is 39.3 Å². The van der Waals surface area contributed by atoms with E-state index >= 15 is 0 Å². The van der Waals surface area contributed by atoms with E-state index in [1.807, 2.05) is 19.1 Å². The summed E-state index contributed by atoms with van der Waals surface area (Å²) in [5.41, 5.74) is 1.57. The Morgan fingerprint density at radius 1 is 1.53 bits per heavy atom. The van der Waals surface area contributed by atoms with Crippen LogP contribution in [0.4, 0.5) is 5.69 Å². The number of nitrogens with zero attached hydrogens (tertiary/aromatic N) is 1. The zero-order valence-electron chi connectivity index (χ0n) is 11.2. The van der Waals surface area contributed by atoms with Crippen molar-refractivity contribution in [2.24, 2.45) is 0 Å². The molecule has 1 heterocycles. The molecule has 0 bridgehead atoms. The van der Waals surface area contributed by atoms with E-state index in [9.17, 15) is 9.59 Å². The number of aliphatic carboxylic acids is 1. The van der Waals surface area contributed by atoms with Crippen molar-refractivity contribution in [2.75, 3.05) is 4.90 Å². The van der Waals surface area contributed by atoms with Crippen LogP contribution in [-0.2, 0) is 16.0 Å². The highest BCUT2D eigenvalue weighted by molar-refractivity contribution is 6.04. The number of rotatable bonds is 3. The van der Waals surface area contributed by atoms with Crippen LogP contribution in [0.15, 0.2) is 18.2 Å². The Hall–Kier alpha value is -2.04. The highest BCUT2D eigenvalue weighted by Gasteiger charge is 2.37. The second-order valence-corrected chi connectivity index (χ2v) is 4.64. The highest BCUT2D eigenvalue weighted by Crippen LogP contribution is 2.36. The van der Waals surface area contributed by atoms with Crippen molar-refractivity contribution < 1.29 is 19.4 Å². The zero-order chi connectivity index (χ0) is 14.2. The first kappa shape index (κ1) is 13.4. The molecule has 2 unspecified atom stereocenters. The van der Waals surface area contributed by atoms with Crippen LogP contribution in [0.25, 0.3) is 0 Å². The van der Waals surface area contributed by atoms with Gasteiger partial charge in [-0.25, -0.2) is 4.79 Å². The van der Waals surface area contributed by atoms with Crippen molar-refractivity contribution in [3.8, 4) is 5.75 Å². The van der Waals surface area contributed by atoms with Crippen LogP contribution in [0.5, 0.6) is 5.75 Å². The molecule has 1 amide bonds. The molecule has 2 rings (SSSR count). The van der Waals surface area contributed by atoms with E-state index in [0.29, 0.717) is 11.4 Å². The van der Waals surface area contributed by atoms with Gasteiger partial charge >= 0.3 is 5.97 Å². The first-order chi connectivity index (χ1) is 8.95. The lowest BCUT2D eigenvalue weighted by Crippen LogP contribution is -2.51. The fourth-order valence-electron chi connectivity index (χ4n) is 2.14. The van der Waals surface area contributed by atoms with Gasteiger partial charge in [-0.15, -0.1) is 0 Å². The van der Waals surface area contributed by atoms with Gasteiger partial charge in [0.2, 0.25) is 0 Å². The molecular weight excluding hydrogens is 246 g/mol. The molecule has 0 fully saturated rings. The Bertz CT molecular complexity index is 526. The molecular formula is C14H17NO4. The Labute approximate surface area is 111 Å². The third-order valence-electron chi connectivity index (χ3n) is 3.32. The van der Waals surface area contributed by atoms with Crippen LogP contribution in [0.1, 0.15) is 26.3 Å². The molecule has 102 valence electrons. The van der Waals surface area contributed by atoms with Crippen molar-refractivity contribution in [3.63, 3.8) is 0 Å². The molecule has 1 aliphatic rings. The fraction of sp³-hybridized carbons (Fsp3) is 0.429. The second-order valence-electron chi connectivity index (χ2n) is 4.64. The van der Waals surface area contributed by atoms with Gasteiger partial charge in [0.25, 0.3) is 5.91 Å². The summed E-state index contributed by atoms with van der Waals surface area (Å²) in [6, 6.07) is 4.62. The molecule has 5 nitrogen and oxygen atoms in total. The molecule has 1 aliphatic heterocycles. The average Bonchev–Trinajstić information content (AvgIpc) is 2.39. The molecule has 1 aromatic carbocycles. The Balaban J connectivity index is 2.53. The normalized spacial score (nSPS) is 19.6. The average molecular weight is 263 g/mol. The van der Waals surface area contributed by atoms with Gasteiger partial charge in [-0.3, -0.25) is 9.69 Å². The molecule has 0 aromatic heterocycles. The van der Waals surface area contributed by atoms with E-state index in [-0.39, 0.29) is 5.91 Å². The van der Waals surface area contributed by atoms with Crippen molar-refractivity contribution >= 4 is 17.6 Å². The number of hydrogen-bond donors (Lipinski definition) is 1. The molecule has 0 saturated carbocycles. The fourth-order valence-corrected chi connectivity index (χ4v) is 2.14. The van der Waals surface area contributed by atoms with E-state index in [2.05, 4.69) is 0 Å². The molecule has 2 atom stereocenters. The van der Waals surface area contributed by atoms with Gasteiger partial charge in [0.05, 0.1) is 5.69 Å². The van der Waals surface area contributed by atoms with E-state index in [1.165, 1.54) is 11.8 Å². The van der Waals surface area contributed by atoms with Gasteiger partial charge in [0.1, 0.15) is 11.8 Å². The van der Waals surface area contributed by atoms with Crippen molar-refractivity contribution in [3.05, 3.63) is 23.8 Å². The summed E-state index contributed by atoms with van der Waals surface area (Å²) in [5.74, 6) is -0.802. The number of carboxylic acids is 1. The number of anilines is 1. The number of amides is 1. The van der Waals surface area contributed by atoms with Gasteiger partial charge in [-0.05, 0) is 38.0 Å². The number of fused-ring (bicyclic) bond motifs is 1.